The monoisotopic (exact) mass is 1200 g/mol. The van der Waals surface area contributed by atoms with Crippen LogP contribution in [0.25, 0.3) is 0 Å². The quantitative estimate of drug-likeness (QED) is 0.0264. The number of hydrogen-bond donors (Lipinski definition) is 2. The van der Waals surface area contributed by atoms with Crippen LogP contribution in [0.4, 0.5) is 0 Å². The molecular formula is C75H128NO8P. The van der Waals surface area contributed by atoms with E-state index >= 15 is 0 Å². The van der Waals surface area contributed by atoms with E-state index in [1.165, 1.54) is 141 Å². The fourth-order valence-electron chi connectivity index (χ4n) is 9.43. The first kappa shape index (κ1) is 81.2. The summed E-state index contributed by atoms with van der Waals surface area (Å²) < 4.78 is 33.2. The molecule has 0 aromatic carbocycles. The van der Waals surface area contributed by atoms with Gasteiger partial charge in [0.1, 0.15) is 6.61 Å². The van der Waals surface area contributed by atoms with Gasteiger partial charge in [-0.1, -0.05) is 302 Å². The van der Waals surface area contributed by atoms with E-state index < -0.39 is 26.5 Å². The summed E-state index contributed by atoms with van der Waals surface area (Å²) in [5.74, 6) is -0.844. The molecule has 0 spiro atoms. The van der Waals surface area contributed by atoms with Gasteiger partial charge in [-0.15, -0.1) is 0 Å². The fourth-order valence-corrected chi connectivity index (χ4v) is 10.2. The number of phosphoric acid groups is 1. The second-order valence-corrected chi connectivity index (χ2v) is 24.1. The third kappa shape index (κ3) is 69.1. The largest absolute Gasteiger partial charge is 0.472 e. The number of rotatable bonds is 64. The molecule has 9 nitrogen and oxygen atoms in total. The lowest BCUT2D eigenvalue weighted by molar-refractivity contribution is -0.161. The molecule has 0 aliphatic carbocycles. The Balaban J connectivity index is 3.98. The van der Waals surface area contributed by atoms with Crippen molar-refractivity contribution in [2.45, 2.75) is 302 Å². The molecule has 0 radical (unpaired) electrons. The van der Waals surface area contributed by atoms with Crippen LogP contribution in [0.1, 0.15) is 296 Å². The van der Waals surface area contributed by atoms with Gasteiger partial charge in [-0.25, -0.2) is 4.57 Å². The summed E-state index contributed by atoms with van der Waals surface area (Å²) in [6.45, 7) is 3.63. The molecule has 0 aromatic rings. The molecule has 0 rings (SSSR count). The van der Waals surface area contributed by atoms with E-state index in [0.717, 1.165) is 122 Å². The molecule has 0 heterocycles. The number of carbonyl (C=O) groups excluding carboxylic acids is 2. The Kier molecular flexibility index (Phi) is 66.1. The summed E-state index contributed by atoms with van der Waals surface area (Å²) in [7, 11) is -4.41. The van der Waals surface area contributed by atoms with Crippen molar-refractivity contribution >= 4 is 19.8 Å². The number of allylic oxidation sites excluding steroid dienone is 22. The van der Waals surface area contributed by atoms with Crippen LogP contribution in [0.5, 0.6) is 0 Å². The number of carbonyl (C=O) groups is 2. The summed E-state index contributed by atoms with van der Waals surface area (Å²) in [6.07, 6.45) is 98.2. The van der Waals surface area contributed by atoms with Crippen LogP contribution in [0.15, 0.2) is 134 Å². The van der Waals surface area contributed by atoms with Crippen molar-refractivity contribution in [3.63, 3.8) is 0 Å². The topological polar surface area (TPSA) is 134 Å². The lowest BCUT2D eigenvalue weighted by Gasteiger charge is -2.19. The van der Waals surface area contributed by atoms with Crippen LogP contribution in [0, 0.1) is 0 Å². The third-order valence-electron chi connectivity index (χ3n) is 14.5. The SMILES string of the molecule is CC/C=C\C/C=C\C/C=C\C/C=C\C/C=C\C/C=C\C/C=C\C/C=C\C/C=C\C/C=C\CCCCCCCCC(=O)OC(COC(=O)CCCCCCCCCCCCCCCCC/C=C\CCCCCCCCCC)COP(=O)(O)OCCN. The van der Waals surface area contributed by atoms with Gasteiger partial charge in [0.2, 0.25) is 0 Å². The van der Waals surface area contributed by atoms with E-state index in [1.54, 1.807) is 0 Å². The number of nitrogens with two attached hydrogens (primary N) is 1. The number of phosphoric ester groups is 1. The van der Waals surface area contributed by atoms with Gasteiger partial charge in [-0.3, -0.25) is 18.6 Å². The molecule has 0 amide bonds. The van der Waals surface area contributed by atoms with Crippen LogP contribution in [0.3, 0.4) is 0 Å². The van der Waals surface area contributed by atoms with E-state index in [1.807, 2.05) is 0 Å². The Hall–Kier alpha value is -3.85. The molecule has 0 bridgehead atoms. The second kappa shape index (κ2) is 69.3. The summed E-state index contributed by atoms with van der Waals surface area (Å²) >= 11 is 0. The van der Waals surface area contributed by atoms with Crippen molar-refractivity contribution in [1.82, 2.24) is 0 Å². The molecular weight excluding hydrogens is 1070 g/mol. The van der Waals surface area contributed by atoms with Crippen LogP contribution in [0.2, 0.25) is 0 Å². The number of unbranched alkanes of at least 4 members (excludes halogenated alkanes) is 29. The lowest BCUT2D eigenvalue weighted by Crippen LogP contribution is -2.29. The molecule has 0 aliphatic heterocycles. The zero-order chi connectivity index (χ0) is 61.6. The Bertz CT molecular complexity index is 1860. The molecule has 0 saturated carbocycles. The van der Waals surface area contributed by atoms with Crippen molar-refractivity contribution in [2.24, 2.45) is 5.73 Å². The number of hydrogen-bond acceptors (Lipinski definition) is 8. The first-order chi connectivity index (χ1) is 41.8. The molecule has 0 saturated heterocycles. The Morgan fingerprint density at radius 2 is 0.647 bits per heavy atom. The summed E-state index contributed by atoms with van der Waals surface area (Å²) in [5, 5.41) is 0. The van der Waals surface area contributed by atoms with Crippen molar-refractivity contribution < 1.29 is 37.6 Å². The molecule has 0 aromatic heterocycles. The maximum absolute atomic E-state index is 12.8. The van der Waals surface area contributed by atoms with Gasteiger partial charge >= 0.3 is 19.8 Å². The van der Waals surface area contributed by atoms with Gasteiger partial charge < -0.3 is 20.1 Å². The van der Waals surface area contributed by atoms with E-state index in [0.29, 0.717) is 6.42 Å². The number of esters is 2. The fraction of sp³-hybridized carbons (Fsp3) is 0.680. The van der Waals surface area contributed by atoms with Gasteiger partial charge in [0.05, 0.1) is 13.2 Å². The van der Waals surface area contributed by atoms with Gasteiger partial charge in [0, 0.05) is 19.4 Å². The molecule has 3 N–H and O–H groups in total. The molecule has 486 valence electrons. The molecule has 85 heavy (non-hydrogen) atoms. The first-order valence-electron chi connectivity index (χ1n) is 34.7. The van der Waals surface area contributed by atoms with E-state index in [2.05, 4.69) is 148 Å². The highest BCUT2D eigenvalue weighted by molar-refractivity contribution is 7.47. The van der Waals surface area contributed by atoms with Crippen molar-refractivity contribution in [3.05, 3.63) is 134 Å². The highest BCUT2D eigenvalue weighted by Crippen LogP contribution is 2.43. The minimum absolute atomic E-state index is 0.0452. The highest BCUT2D eigenvalue weighted by Gasteiger charge is 2.26. The summed E-state index contributed by atoms with van der Waals surface area (Å²) in [6, 6.07) is 0. The first-order valence-corrected chi connectivity index (χ1v) is 36.2. The second-order valence-electron chi connectivity index (χ2n) is 22.7. The minimum atomic E-state index is -4.41. The zero-order valence-corrected chi connectivity index (χ0v) is 55.4. The van der Waals surface area contributed by atoms with Gasteiger partial charge in [0.25, 0.3) is 0 Å². The van der Waals surface area contributed by atoms with E-state index in [9.17, 15) is 19.0 Å². The predicted molar refractivity (Wildman–Crippen MR) is 367 cm³/mol. The average Bonchev–Trinajstić information content (AvgIpc) is 3.52. The molecule has 10 heteroatoms. The van der Waals surface area contributed by atoms with Crippen molar-refractivity contribution in [2.75, 3.05) is 26.4 Å². The van der Waals surface area contributed by atoms with Gasteiger partial charge in [-0.05, 0) is 116 Å². The van der Waals surface area contributed by atoms with Crippen LogP contribution >= 0.6 is 7.82 Å². The molecule has 2 unspecified atom stereocenters. The maximum atomic E-state index is 12.8. The van der Waals surface area contributed by atoms with Crippen LogP contribution < -0.4 is 5.73 Å². The average molecular weight is 1200 g/mol. The van der Waals surface area contributed by atoms with Crippen molar-refractivity contribution in [1.29, 1.82) is 0 Å². The third-order valence-corrected chi connectivity index (χ3v) is 15.5. The van der Waals surface area contributed by atoms with Gasteiger partial charge in [-0.2, -0.15) is 0 Å². The molecule has 0 fully saturated rings. The molecule has 0 aliphatic rings. The van der Waals surface area contributed by atoms with Gasteiger partial charge in [0.15, 0.2) is 6.10 Å². The summed E-state index contributed by atoms with van der Waals surface area (Å²) in [4.78, 5) is 35.3. The zero-order valence-electron chi connectivity index (χ0n) is 54.5. The smallest absolute Gasteiger partial charge is 0.462 e. The number of ether oxygens (including phenoxy) is 2. The molecule has 2 atom stereocenters. The lowest BCUT2D eigenvalue weighted by atomic mass is 10.0. The Morgan fingerprint density at radius 3 is 0.976 bits per heavy atom. The normalized spacial score (nSPS) is 13.8. The maximum Gasteiger partial charge on any atom is 0.472 e. The minimum Gasteiger partial charge on any atom is -0.462 e. The van der Waals surface area contributed by atoms with Crippen molar-refractivity contribution in [3.8, 4) is 0 Å². The Morgan fingerprint density at radius 1 is 0.365 bits per heavy atom. The standard InChI is InChI=1S/C75H128NO8P/c1-3-5-7-9-11-13-15-17-19-21-23-25-27-29-31-32-33-34-35-36-37-38-39-40-42-44-46-48-50-52-54-56-58-60-62-64-66-68-75(78)84-73(72-83-85(79,80)82-70-69-76)71-81-74(77)67-65-63-61-59-57-55-53-51-49-47-45-43-41-30-28-26-24-22-20-18-16-14-12-10-8-6-4-2/h5,7,11,13,17,19,22-25,29,31,33-34,36-37,39-40,44,46,50,52,73H,3-4,6,8-10,12,14-16,18,20-21,26-28,30,32,35,38,41-43,45,47-49,51,53-72,76H2,1-2H3,(H,79,80)/b7-5-,13-11-,19-17-,24-22-,25-23-,31-29-,34-33-,37-36-,40-39-,46-44-,52-50-. The van der Waals surface area contributed by atoms with E-state index in [4.69, 9.17) is 24.3 Å². The Labute approximate surface area is 523 Å². The highest BCUT2D eigenvalue weighted by atomic mass is 31.2. The van der Waals surface area contributed by atoms with Crippen LogP contribution in [-0.4, -0.2) is 49.3 Å². The van der Waals surface area contributed by atoms with E-state index in [-0.39, 0.29) is 38.6 Å². The summed E-state index contributed by atoms with van der Waals surface area (Å²) in [5.41, 5.74) is 5.40. The predicted octanol–water partition coefficient (Wildman–Crippen LogP) is 22.9. The van der Waals surface area contributed by atoms with Crippen LogP contribution in [-0.2, 0) is 32.7 Å².